The number of rotatable bonds is 13. The molecule has 158 valence electrons. The van der Waals surface area contributed by atoms with E-state index in [4.69, 9.17) is 4.74 Å². The molecule has 2 aliphatic carbocycles. The molecule has 0 spiro atoms. The third-order valence-electron chi connectivity index (χ3n) is 7.20. The Labute approximate surface area is 170 Å². The van der Waals surface area contributed by atoms with Gasteiger partial charge in [-0.2, -0.15) is 0 Å². The zero-order chi connectivity index (χ0) is 19.2. The minimum atomic E-state index is 0.538. The van der Waals surface area contributed by atoms with Gasteiger partial charge < -0.3 is 4.74 Å². The van der Waals surface area contributed by atoms with Crippen LogP contribution in [0.25, 0.3) is 0 Å². The second-order valence-corrected chi connectivity index (χ2v) is 9.53. The lowest BCUT2D eigenvalue weighted by Gasteiger charge is -2.28. The minimum absolute atomic E-state index is 0.538. The zero-order valence-electron chi connectivity index (χ0n) is 18.6. The van der Waals surface area contributed by atoms with E-state index >= 15 is 0 Å². The van der Waals surface area contributed by atoms with E-state index in [1.54, 1.807) is 0 Å². The molecule has 0 aromatic heterocycles. The van der Waals surface area contributed by atoms with Gasteiger partial charge >= 0.3 is 0 Å². The molecule has 0 aromatic rings. The van der Waals surface area contributed by atoms with Crippen molar-refractivity contribution in [1.29, 1.82) is 0 Å². The van der Waals surface area contributed by atoms with Crippen LogP contribution in [0.1, 0.15) is 123 Å². The first kappa shape index (κ1) is 23.0. The summed E-state index contributed by atoms with van der Waals surface area (Å²) in [6.45, 7) is 5.46. The number of unbranched alkanes of at least 4 members (excludes halogenated alkanes) is 5. The maximum atomic E-state index is 6.16. The van der Waals surface area contributed by atoms with Crippen molar-refractivity contribution in [3.63, 3.8) is 0 Å². The number of hydrogen-bond acceptors (Lipinski definition) is 1. The van der Waals surface area contributed by atoms with E-state index < -0.39 is 0 Å². The number of hydrogen-bond donors (Lipinski definition) is 0. The molecule has 2 fully saturated rings. The molecule has 0 bridgehead atoms. The number of ether oxygens (including phenoxy) is 1. The van der Waals surface area contributed by atoms with Crippen molar-refractivity contribution in [2.24, 2.45) is 17.8 Å². The molecule has 0 N–H and O–H groups in total. The van der Waals surface area contributed by atoms with Gasteiger partial charge in [0.1, 0.15) is 0 Å². The topological polar surface area (TPSA) is 9.23 Å². The highest BCUT2D eigenvalue weighted by molar-refractivity contribution is 4.91. The average Bonchev–Trinajstić information content (AvgIpc) is 2.71. The van der Waals surface area contributed by atoms with Gasteiger partial charge in [0.15, 0.2) is 0 Å². The van der Waals surface area contributed by atoms with Crippen LogP contribution in [0, 0.1) is 17.8 Å². The van der Waals surface area contributed by atoms with Crippen molar-refractivity contribution in [1.82, 2.24) is 0 Å². The lowest BCUT2D eigenvalue weighted by atomic mass is 9.79. The van der Waals surface area contributed by atoms with Gasteiger partial charge in [0.05, 0.1) is 12.7 Å². The van der Waals surface area contributed by atoms with Gasteiger partial charge in [0.2, 0.25) is 0 Å². The summed E-state index contributed by atoms with van der Waals surface area (Å²) < 4.78 is 6.16. The maximum Gasteiger partial charge on any atom is 0.0651 e. The SMILES string of the molecule is CCCCCC[C@H]1CC[C@H](/C=C/CO[C@H]2CC[C@H](CCCCC)CC2)CC1. The van der Waals surface area contributed by atoms with E-state index in [1.807, 2.05) is 0 Å². The summed E-state index contributed by atoms with van der Waals surface area (Å²) >= 11 is 0. The van der Waals surface area contributed by atoms with Crippen molar-refractivity contribution in [3.8, 4) is 0 Å². The van der Waals surface area contributed by atoms with E-state index in [0.29, 0.717) is 6.10 Å². The molecule has 2 saturated carbocycles. The summed E-state index contributed by atoms with van der Waals surface area (Å²) in [4.78, 5) is 0. The van der Waals surface area contributed by atoms with Crippen LogP contribution in [0.3, 0.4) is 0 Å². The van der Waals surface area contributed by atoms with Gasteiger partial charge in [0, 0.05) is 0 Å². The minimum Gasteiger partial charge on any atom is -0.374 e. The van der Waals surface area contributed by atoms with Crippen molar-refractivity contribution in [3.05, 3.63) is 12.2 Å². The Morgan fingerprint density at radius 3 is 1.85 bits per heavy atom. The van der Waals surface area contributed by atoms with Gasteiger partial charge in [-0.1, -0.05) is 83.8 Å². The summed E-state index contributed by atoms with van der Waals surface area (Å²) in [7, 11) is 0. The molecule has 0 heterocycles. The van der Waals surface area contributed by atoms with Crippen LogP contribution < -0.4 is 0 Å². The molecule has 0 saturated heterocycles. The molecular formula is C26H48O. The fourth-order valence-electron chi connectivity index (χ4n) is 5.24. The lowest BCUT2D eigenvalue weighted by molar-refractivity contribution is 0.0331. The molecule has 1 heteroatoms. The highest BCUT2D eigenvalue weighted by Gasteiger charge is 2.21. The Morgan fingerprint density at radius 1 is 0.667 bits per heavy atom. The molecule has 0 aliphatic heterocycles. The van der Waals surface area contributed by atoms with Gasteiger partial charge in [-0.3, -0.25) is 0 Å². The molecule has 0 atom stereocenters. The first-order chi connectivity index (χ1) is 13.3. The van der Waals surface area contributed by atoms with E-state index in [1.165, 1.54) is 109 Å². The summed E-state index contributed by atoms with van der Waals surface area (Å²) in [6, 6.07) is 0. The van der Waals surface area contributed by atoms with Gasteiger partial charge in [-0.05, 0) is 69.1 Å². The second-order valence-electron chi connectivity index (χ2n) is 9.53. The fourth-order valence-corrected chi connectivity index (χ4v) is 5.24. The van der Waals surface area contributed by atoms with Crippen LogP contribution in [-0.2, 0) is 4.74 Å². The van der Waals surface area contributed by atoms with Crippen LogP contribution in [0.4, 0.5) is 0 Å². The smallest absolute Gasteiger partial charge is 0.0651 e. The Balaban J connectivity index is 1.47. The number of allylic oxidation sites excluding steroid dienone is 1. The van der Waals surface area contributed by atoms with Gasteiger partial charge in [0.25, 0.3) is 0 Å². The lowest BCUT2D eigenvalue weighted by Crippen LogP contribution is -2.21. The molecule has 27 heavy (non-hydrogen) atoms. The summed E-state index contributed by atoms with van der Waals surface area (Å²) in [5.74, 6) is 2.84. The van der Waals surface area contributed by atoms with Crippen LogP contribution in [0.5, 0.6) is 0 Å². The summed E-state index contributed by atoms with van der Waals surface area (Å²) in [5, 5.41) is 0. The third kappa shape index (κ3) is 10.2. The van der Waals surface area contributed by atoms with Crippen molar-refractivity contribution < 1.29 is 4.74 Å². The van der Waals surface area contributed by atoms with Crippen LogP contribution in [0.15, 0.2) is 12.2 Å². The van der Waals surface area contributed by atoms with E-state index in [9.17, 15) is 0 Å². The molecule has 0 radical (unpaired) electrons. The largest absolute Gasteiger partial charge is 0.374 e. The molecular weight excluding hydrogens is 328 g/mol. The summed E-state index contributed by atoms with van der Waals surface area (Å²) in [5.41, 5.74) is 0. The predicted molar refractivity (Wildman–Crippen MR) is 119 cm³/mol. The van der Waals surface area contributed by atoms with E-state index in [2.05, 4.69) is 26.0 Å². The predicted octanol–water partition coefficient (Wildman–Crippen LogP) is 8.48. The third-order valence-corrected chi connectivity index (χ3v) is 7.20. The highest BCUT2D eigenvalue weighted by Crippen LogP contribution is 2.33. The monoisotopic (exact) mass is 376 g/mol. The Hall–Kier alpha value is -0.300. The van der Waals surface area contributed by atoms with Crippen molar-refractivity contribution in [2.75, 3.05) is 6.61 Å². The molecule has 2 rings (SSSR count). The second kappa shape index (κ2) is 14.7. The standard InChI is InChI=1S/C26H48O/c1-3-5-7-9-12-23-14-16-25(17-15-23)13-10-22-27-26-20-18-24(19-21-26)11-8-6-4-2/h10,13,23-26H,3-9,11-12,14-22H2,1-2H3/b13-10+/t23-,24-,25-,26-. The van der Waals surface area contributed by atoms with Crippen LogP contribution >= 0.6 is 0 Å². The van der Waals surface area contributed by atoms with Gasteiger partial charge in [-0.15, -0.1) is 0 Å². The Bertz CT molecular complexity index is 358. The summed E-state index contributed by atoms with van der Waals surface area (Å²) in [6.07, 6.45) is 29.4. The first-order valence-corrected chi connectivity index (χ1v) is 12.6. The van der Waals surface area contributed by atoms with Crippen molar-refractivity contribution >= 4 is 0 Å². The highest BCUT2D eigenvalue weighted by atomic mass is 16.5. The quantitative estimate of drug-likeness (QED) is 0.231. The van der Waals surface area contributed by atoms with E-state index in [0.717, 1.165) is 24.4 Å². The van der Waals surface area contributed by atoms with Crippen LogP contribution in [0.2, 0.25) is 0 Å². The van der Waals surface area contributed by atoms with Crippen molar-refractivity contribution in [2.45, 2.75) is 129 Å². The molecule has 0 amide bonds. The maximum absolute atomic E-state index is 6.16. The molecule has 0 aromatic carbocycles. The van der Waals surface area contributed by atoms with Gasteiger partial charge in [-0.25, -0.2) is 0 Å². The molecule has 1 nitrogen and oxygen atoms in total. The first-order valence-electron chi connectivity index (χ1n) is 12.6. The van der Waals surface area contributed by atoms with E-state index in [-0.39, 0.29) is 0 Å². The normalized spacial score (nSPS) is 29.4. The average molecular weight is 377 g/mol. The molecule has 2 aliphatic rings. The van der Waals surface area contributed by atoms with Crippen LogP contribution in [-0.4, -0.2) is 12.7 Å². The Kier molecular flexibility index (Phi) is 12.5. The zero-order valence-corrected chi connectivity index (χ0v) is 18.6. The Morgan fingerprint density at radius 2 is 1.22 bits per heavy atom. The molecule has 0 unspecified atom stereocenters. The fraction of sp³-hybridized carbons (Fsp3) is 0.923.